The lowest BCUT2D eigenvalue weighted by atomic mass is 10.0. The van der Waals surface area contributed by atoms with E-state index in [1.165, 1.54) is 17.9 Å². The third kappa shape index (κ3) is 4.03. The molecular weight excluding hydrogens is 404 g/mol. The number of ketones is 1. The summed E-state index contributed by atoms with van der Waals surface area (Å²) in [5.74, 6) is -1.39. The molecule has 0 unspecified atom stereocenters. The molecule has 3 aromatic carbocycles. The van der Waals surface area contributed by atoms with Crippen LogP contribution in [0.3, 0.4) is 0 Å². The van der Waals surface area contributed by atoms with Crippen LogP contribution in [0.1, 0.15) is 38.0 Å². The summed E-state index contributed by atoms with van der Waals surface area (Å²) in [5.41, 5.74) is 2.29. The molecule has 0 aliphatic rings. The lowest BCUT2D eigenvalue weighted by molar-refractivity contribution is 0.0318. The maximum Gasteiger partial charge on any atom is 0.339 e. The van der Waals surface area contributed by atoms with Crippen molar-refractivity contribution in [3.63, 3.8) is 0 Å². The van der Waals surface area contributed by atoms with Crippen LogP contribution in [0, 0.1) is 0 Å². The van der Waals surface area contributed by atoms with Gasteiger partial charge in [0.1, 0.15) is 0 Å². The fourth-order valence-corrected chi connectivity index (χ4v) is 3.57. The van der Waals surface area contributed by atoms with Crippen LogP contribution >= 0.6 is 0 Å². The molecule has 160 valence electrons. The lowest BCUT2D eigenvalue weighted by Crippen LogP contribution is -2.29. The minimum absolute atomic E-state index is 0.110. The van der Waals surface area contributed by atoms with Crippen molar-refractivity contribution < 1.29 is 19.1 Å². The van der Waals surface area contributed by atoms with Crippen LogP contribution in [-0.4, -0.2) is 35.8 Å². The Kier molecular flexibility index (Phi) is 5.85. The Morgan fingerprint density at radius 3 is 2.19 bits per heavy atom. The molecule has 6 heteroatoms. The van der Waals surface area contributed by atoms with E-state index in [9.17, 15) is 14.4 Å². The summed E-state index contributed by atoms with van der Waals surface area (Å²) in [6.45, 7) is 1.53. The van der Waals surface area contributed by atoms with Gasteiger partial charge in [-0.2, -0.15) is 0 Å². The van der Waals surface area contributed by atoms with E-state index in [1.54, 1.807) is 43.6 Å². The van der Waals surface area contributed by atoms with Crippen molar-refractivity contribution in [2.24, 2.45) is 0 Å². The highest BCUT2D eigenvalue weighted by Gasteiger charge is 2.26. The van der Waals surface area contributed by atoms with Gasteiger partial charge in [0.25, 0.3) is 5.91 Å². The van der Waals surface area contributed by atoms with E-state index in [2.05, 4.69) is 4.98 Å². The average molecular weight is 426 g/mol. The van der Waals surface area contributed by atoms with Crippen molar-refractivity contribution in [3.05, 3.63) is 102 Å². The molecule has 0 aliphatic heterocycles. The van der Waals surface area contributed by atoms with Gasteiger partial charge in [-0.3, -0.25) is 9.59 Å². The van der Waals surface area contributed by atoms with Crippen LogP contribution in [0.25, 0.3) is 10.9 Å². The highest BCUT2D eigenvalue weighted by Crippen LogP contribution is 2.22. The van der Waals surface area contributed by atoms with Crippen molar-refractivity contribution in [2.45, 2.75) is 13.0 Å². The van der Waals surface area contributed by atoms with Crippen molar-refractivity contribution >= 4 is 34.3 Å². The second kappa shape index (κ2) is 8.89. The number of anilines is 1. The Balaban J connectivity index is 1.55. The highest BCUT2D eigenvalue weighted by atomic mass is 16.5. The molecule has 32 heavy (non-hydrogen) atoms. The summed E-state index contributed by atoms with van der Waals surface area (Å²) in [6.07, 6.45) is 0.598. The summed E-state index contributed by atoms with van der Waals surface area (Å²) in [4.78, 5) is 43.4. The molecule has 1 atom stereocenters. The predicted octanol–water partition coefficient (Wildman–Crippen LogP) is 4.87. The maximum atomic E-state index is 13.1. The first-order valence-corrected chi connectivity index (χ1v) is 10.2. The number of nitrogens with zero attached hydrogens (tertiary/aromatic N) is 1. The fourth-order valence-electron chi connectivity index (χ4n) is 3.57. The van der Waals surface area contributed by atoms with Gasteiger partial charge in [-0.25, -0.2) is 4.79 Å². The van der Waals surface area contributed by atoms with Crippen molar-refractivity contribution in [2.75, 3.05) is 11.9 Å². The summed E-state index contributed by atoms with van der Waals surface area (Å²) in [5, 5.41) is 0.764. The van der Waals surface area contributed by atoms with E-state index in [-0.39, 0.29) is 22.8 Å². The molecule has 1 N–H and O–H groups in total. The Labute approximate surface area is 185 Å². The Morgan fingerprint density at radius 1 is 0.812 bits per heavy atom. The molecule has 0 saturated heterocycles. The molecule has 0 spiro atoms. The summed E-state index contributed by atoms with van der Waals surface area (Å²) in [7, 11) is 1.64. The first-order valence-electron chi connectivity index (χ1n) is 10.2. The number of aromatic amines is 1. The topological polar surface area (TPSA) is 79.5 Å². The number of carbonyl (C=O) groups is 3. The molecule has 0 aliphatic carbocycles. The van der Waals surface area contributed by atoms with Gasteiger partial charge < -0.3 is 14.6 Å². The van der Waals surface area contributed by atoms with Gasteiger partial charge >= 0.3 is 5.97 Å². The number of hydrogen-bond donors (Lipinski definition) is 1. The fraction of sp³-hybridized carbons (Fsp3) is 0.115. The van der Waals surface area contributed by atoms with Crippen LogP contribution in [0.5, 0.6) is 0 Å². The molecule has 1 heterocycles. The minimum Gasteiger partial charge on any atom is -0.451 e. The molecule has 6 nitrogen and oxygen atoms in total. The second-order valence-corrected chi connectivity index (χ2v) is 7.41. The Bertz CT molecular complexity index is 1290. The van der Waals surface area contributed by atoms with Crippen LogP contribution in [-0.2, 0) is 4.74 Å². The standard InChI is InChI=1S/C26H22N2O4/c1-17(24(29)22-16-27-23-15-9-8-12-19(22)23)32-26(31)21-14-7-6-13-20(21)25(30)28(2)18-10-4-3-5-11-18/h3-17,27H,1-2H3/t17-/m0/s1. The first-order chi connectivity index (χ1) is 15.5. The molecule has 1 aromatic heterocycles. The minimum atomic E-state index is -1.02. The molecule has 4 aromatic rings. The van der Waals surface area contributed by atoms with Gasteiger partial charge in [0.2, 0.25) is 5.78 Å². The number of aromatic nitrogens is 1. The molecule has 0 radical (unpaired) electrons. The molecule has 4 rings (SSSR count). The van der Waals surface area contributed by atoms with E-state index in [0.29, 0.717) is 11.3 Å². The van der Waals surface area contributed by atoms with Crippen molar-refractivity contribution in [1.82, 2.24) is 4.98 Å². The number of benzene rings is 3. The number of para-hydroxylation sites is 2. The monoisotopic (exact) mass is 426 g/mol. The van der Waals surface area contributed by atoms with Gasteiger partial charge in [-0.05, 0) is 37.3 Å². The molecule has 0 saturated carbocycles. The number of carbonyl (C=O) groups excluding carboxylic acids is 3. The van der Waals surface area contributed by atoms with E-state index in [0.717, 1.165) is 10.9 Å². The van der Waals surface area contributed by atoms with Crippen LogP contribution in [0.15, 0.2) is 85.1 Å². The number of Topliss-reactive ketones (excluding diaryl/α,β-unsaturated/α-hetero) is 1. The molecule has 0 fully saturated rings. The van der Waals surface area contributed by atoms with Gasteiger partial charge in [0, 0.05) is 35.4 Å². The summed E-state index contributed by atoms with van der Waals surface area (Å²) in [6, 6.07) is 23.0. The molecule has 1 amide bonds. The molecule has 0 bridgehead atoms. The summed E-state index contributed by atoms with van der Waals surface area (Å²) >= 11 is 0. The third-order valence-electron chi connectivity index (χ3n) is 5.33. The number of esters is 1. The van der Waals surface area contributed by atoms with Crippen LogP contribution in [0.4, 0.5) is 5.69 Å². The van der Waals surface area contributed by atoms with E-state index in [1.807, 2.05) is 42.5 Å². The maximum absolute atomic E-state index is 13.1. The zero-order valence-electron chi connectivity index (χ0n) is 17.7. The van der Waals surface area contributed by atoms with E-state index < -0.39 is 12.1 Å². The largest absolute Gasteiger partial charge is 0.451 e. The van der Waals surface area contributed by atoms with Gasteiger partial charge in [0.15, 0.2) is 6.10 Å². The smallest absolute Gasteiger partial charge is 0.339 e. The predicted molar refractivity (Wildman–Crippen MR) is 123 cm³/mol. The number of rotatable bonds is 6. The Hall–Kier alpha value is -4.19. The number of H-pyrrole nitrogens is 1. The van der Waals surface area contributed by atoms with Gasteiger partial charge in [-0.1, -0.05) is 48.5 Å². The number of fused-ring (bicyclic) bond motifs is 1. The lowest BCUT2D eigenvalue weighted by Gasteiger charge is -2.19. The number of ether oxygens (including phenoxy) is 1. The molecular formula is C26H22N2O4. The van der Waals surface area contributed by atoms with E-state index >= 15 is 0 Å². The second-order valence-electron chi connectivity index (χ2n) is 7.41. The van der Waals surface area contributed by atoms with E-state index in [4.69, 9.17) is 4.74 Å². The quantitative estimate of drug-likeness (QED) is 0.352. The van der Waals surface area contributed by atoms with Gasteiger partial charge in [0.05, 0.1) is 11.1 Å². The summed E-state index contributed by atoms with van der Waals surface area (Å²) < 4.78 is 5.47. The van der Waals surface area contributed by atoms with Crippen molar-refractivity contribution in [3.8, 4) is 0 Å². The number of nitrogens with one attached hydrogen (secondary N) is 1. The zero-order chi connectivity index (χ0) is 22.7. The first kappa shape index (κ1) is 21.1. The van der Waals surface area contributed by atoms with Crippen LogP contribution < -0.4 is 4.90 Å². The Morgan fingerprint density at radius 2 is 1.44 bits per heavy atom. The SMILES string of the molecule is C[C@H](OC(=O)c1ccccc1C(=O)N(C)c1ccccc1)C(=O)c1c[nH]c2ccccc12. The number of amides is 1. The van der Waals surface area contributed by atoms with Gasteiger partial charge in [-0.15, -0.1) is 0 Å². The zero-order valence-corrected chi connectivity index (χ0v) is 17.7. The van der Waals surface area contributed by atoms with Crippen LogP contribution in [0.2, 0.25) is 0 Å². The highest BCUT2D eigenvalue weighted by molar-refractivity contribution is 6.13. The average Bonchev–Trinajstić information content (AvgIpc) is 3.27. The van der Waals surface area contributed by atoms with Crippen molar-refractivity contribution in [1.29, 1.82) is 0 Å². The normalized spacial score (nSPS) is 11.7. The third-order valence-corrected chi connectivity index (χ3v) is 5.33. The number of hydrogen-bond acceptors (Lipinski definition) is 4.